The largest absolute Gasteiger partial charge is 0.508 e. The number of rotatable bonds is 8. The molecule has 1 aliphatic rings. The van der Waals surface area contributed by atoms with E-state index in [1.807, 2.05) is 24.3 Å². The fourth-order valence-electron chi connectivity index (χ4n) is 3.79. The van der Waals surface area contributed by atoms with Crippen LogP contribution in [0, 0.1) is 0 Å². The third kappa shape index (κ3) is 6.52. The minimum atomic E-state index is 0.303. The molecular weight excluding hydrogens is 392 g/mol. The van der Waals surface area contributed by atoms with E-state index in [0.717, 1.165) is 74.3 Å². The molecule has 31 heavy (non-hydrogen) atoms. The Bertz CT molecular complexity index is 864. The number of phenols is 1. The lowest BCUT2D eigenvalue weighted by atomic mass is 10.1. The van der Waals surface area contributed by atoms with E-state index in [0.29, 0.717) is 12.3 Å². The number of methoxy groups -OCH3 is 2. The molecule has 1 saturated heterocycles. The normalized spacial score (nSPS) is 15.1. The van der Waals surface area contributed by atoms with Gasteiger partial charge in [0, 0.05) is 51.4 Å². The predicted octanol–water partition coefficient (Wildman–Crippen LogP) is 2.74. The van der Waals surface area contributed by atoms with Crippen LogP contribution in [0.5, 0.6) is 17.2 Å². The quantitative estimate of drug-likeness (QED) is 0.500. The van der Waals surface area contributed by atoms with Gasteiger partial charge in [0.05, 0.1) is 14.2 Å². The molecule has 0 aliphatic carbocycles. The molecule has 0 unspecified atom stereocenters. The second-order valence-corrected chi connectivity index (χ2v) is 7.60. The molecule has 2 aromatic carbocycles. The van der Waals surface area contributed by atoms with Crippen molar-refractivity contribution in [3.05, 3.63) is 53.6 Å². The van der Waals surface area contributed by atoms with Gasteiger partial charge in [-0.05, 0) is 49.2 Å². The zero-order valence-electron chi connectivity index (χ0n) is 18.8. The maximum absolute atomic E-state index is 9.63. The number of benzene rings is 2. The molecule has 0 radical (unpaired) electrons. The molecule has 7 heteroatoms. The number of aromatic hydroxyl groups is 1. The molecule has 1 fully saturated rings. The Morgan fingerprint density at radius 1 is 1.06 bits per heavy atom. The van der Waals surface area contributed by atoms with Crippen molar-refractivity contribution < 1.29 is 14.6 Å². The Morgan fingerprint density at radius 3 is 2.55 bits per heavy atom. The van der Waals surface area contributed by atoms with Crippen molar-refractivity contribution in [2.24, 2.45) is 4.99 Å². The molecule has 0 aromatic heterocycles. The molecule has 168 valence electrons. The molecule has 2 aromatic rings. The number of aliphatic imine (C=N–C) groups is 1. The highest BCUT2D eigenvalue weighted by atomic mass is 16.5. The van der Waals surface area contributed by atoms with E-state index < -0.39 is 0 Å². The predicted molar refractivity (Wildman–Crippen MR) is 124 cm³/mol. The monoisotopic (exact) mass is 426 g/mol. The Kier molecular flexibility index (Phi) is 8.41. The molecule has 0 saturated carbocycles. The molecule has 1 aliphatic heterocycles. The molecule has 0 amide bonds. The second-order valence-electron chi connectivity index (χ2n) is 7.60. The van der Waals surface area contributed by atoms with Crippen molar-refractivity contribution in [2.45, 2.75) is 19.9 Å². The first-order valence-corrected chi connectivity index (χ1v) is 10.9. The molecule has 0 atom stereocenters. The van der Waals surface area contributed by atoms with Gasteiger partial charge in [-0.25, -0.2) is 0 Å². The van der Waals surface area contributed by atoms with Gasteiger partial charge in [-0.1, -0.05) is 12.1 Å². The van der Waals surface area contributed by atoms with Crippen LogP contribution in [0.2, 0.25) is 0 Å². The fourth-order valence-corrected chi connectivity index (χ4v) is 3.79. The van der Waals surface area contributed by atoms with E-state index in [1.165, 1.54) is 0 Å². The van der Waals surface area contributed by atoms with Gasteiger partial charge in [-0.3, -0.25) is 9.89 Å². The lowest BCUT2D eigenvalue weighted by Gasteiger charge is -2.36. The maximum Gasteiger partial charge on any atom is 0.194 e. The number of hydrogen-bond donors (Lipinski definition) is 2. The van der Waals surface area contributed by atoms with E-state index in [9.17, 15) is 5.11 Å². The van der Waals surface area contributed by atoms with E-state index in [-0.39, 0.29) is 0 Å². The number of hydrogen-bond acceptors (Lipinski definition) is 5. The minimum Gasteiger partial charge on any atom is -0.508 e. The number of nitrogens with zero attached hydrogens (tertiary/aromatic N) is 3. The summed E-state index contributed by atoms with van der Waals surface area (Å²) in [6.45, 7) is 8.21. The summed E-state index contributed by atoms with van der Waals surface area (Å²) in [6, 6.07) is 13.3. The number of nitrogens with one attached hydrogen (secondary N) is 1. The average Bonchev–Trinajstić information content (AvgIpc) is 2.79. The van der Waals surface area contributed by atoms with Crippen molar-refractivity contribution in [1.29, 1.82) is 0 Å². The summed E-state index contributed by atoms with van der Waals surface area (Å²) in [4.78, 5) is 9.58. The zero-order valence-corrected chi connectivity index (χ0v) is 18.8. The smallest absolute Gasteiger partial charge is 0.194 e. The van der Waals surface area contributed by atoms with Crippen molar-refractivity contribution in [1.82, 2.24) is 15.1 Å². The standard InChI is InChI=1S/C24H34N4O3/c1-4-25-24(26-11-10-19-6-5-7-21(29)16-19)28-14-12-27(13-15-28)18-20-17-22(30-2)8-9-23(20)31-3/h5-9,16-17,29H,4,10-15,18H2,1-3H3,(H,25,26). The van der Waals surface area contributed by atoms with Gasteiger partial charge in [0.25, 0.3) is 0 Å². The lowest BCUT2D eigenvalue weighted by Crippen LogP contribution is -2.52. The summed E-state index contributed by atoms with van der Waals surface area (Å²) < 4.78 is 10.9. The second kappa shape index (κ2) is 11.5. The zero-order chi connectivity index (χ0) is 22.1. The number of ether oxygens (including phenoxy) is 2. The van der Waals surface area contributed by atoms with Gasteiger partial charge in [0.15, 0.2) is 5.96 Å². The fraction of sp³-hybridized carbons (Fsp3) is 0.458. The average molecular weight is 427 g/mol. The van der Waals surface area contributed by atoms with Gasteiger partial charge in [0.1, 0.15) is 17.2 Å². The van der Waals surface area contributed by atoms with Crippen molar-refractivity contribution in [3.63, 3.8) is 0 Å². The molecule has 3 rings (SSSR count). The van der Waals surface area contributed by atoms with E-state index in [1.54, 1.807) is 26.4 Å². The number of phenolic OH excluding ortho intramolecular Hbond substituents is 1. The van der Waals surface area contributed by atoms with Crippen LogP contribution in [0.1, 0.15) is 18.1 Å². The van der Waals surface area contributed by atoms with Gasteiger partial charge < -0.3 is 24.8 Å². The Hall–Kier alpha value is -2.93. The summed E-state index contributed by atoms with van der Waals surface area (Å²) in [5, 5.41) is 13.0. The highest BCUT2D eigenvalue weighted by molar-refractivity contribution is 5.80. The van der Waals surface area contributed by atoms with Crippen LogP contribution in [0.25, 0.3) is 0 Å². The van der Waals surface area contributed by atoms with Gasteiger partial charge in [-0.15, -0.1) is 0 Å². The van der Waals surface area contributed by atoms with Crippen LogP contribution >= 0.6 is 0 Å². The summed E-state index contributed by atoms with van der Waals surface area (Å²) in [7, 11) is 3.39. The van der Waals surface area contributed by atoms with Crippen LogP contribution in [0.15, 0.2) is 47.5 Å². The van der Waals surface area contributed by atoms with Crippen LogP contribution in [-0.2, 0) is 13.0 Å². The van der Waals surface area contributed by atoms with E-state index >= 15 is 0 Å². The number of guanidine groups is 1. The molecule has 1 heterocycles. The van der Waals surface area contributed by atoms with E-state index in [4.69, 9.17) is 14.5 Å². The molecule has 2 N–H and O–H groups in total. The molecule has 7 nitrogen and oxygen atoms in total. The van der Waals surface area contributed by atoms with Crippen LogP contribution < -0.4 is 14.8 Å². The Balaban J connectivity index is 1.56. The summed E-state index contributed by atoms with van der Waals surface area (Å²) in [5.74, 6) is 3.01. The lowest BCUT2D eigenvalue weighted by molar-refractivity contribution is 0.171. The number of piperazine rings is 1. The third-order valence-electron chi connectivity index (χ3n) is 5.46. The van der Waals surface area contributed by atoms with Crippen molar-refractivity contribution in [2.75, 3.05) is 53.5 Å². The minimum absolute atomic E-state index is 0.303. The Morgan fingerprint density at radius 2 is 1.87 bits per heavy atom. The first kappa shape index (κ1) is 22.7. The van der Waals surface area contributed by atoms with Crippen LogP contribution in [0.3, 0.4) is 0 Å². The first-order chi connectivity index (χ1) is 15.1. The highest BCUT2D eigenvalue weighted by Gasteiger charge is 2.20. The highest BCUT2D eigenvalue weighted by Crippen LogP contribution is 2.25. The van der Waals surface area contributed by atoms with Gasteiger partial charge in [-0.2, -0.15) is 0 Å². The summed E-state index contributed by atoms with van der Waals surface area (Å²) in [6.07, 6.45) is 0.804. The van der Waals surface area contributed by atoms with Crippen LogP contribution in [0.4, 0.5) is 0 Å². The topological polar surface area (TPSA) is 69.6 Å². The maximum atomic E-state index is 9.63. The summed E-state index contributed by atoms with van der Waals surface area (Å²) >= 11 is 0. The van der Waals surface area contributed by atoms with Gasteiger partial charge in [0.2, 0.25) is 0 Å². The first-order valence-electron chi connectivity index (χ1n) is 10.9. The molecular formula is C24H34N4O3. The van der Waals surface area contributed by atoms with Gasteiger partial charge >= 0.3 is 0 Å². The molecule has 0 bridgehead atoms. The van der Waals surface area contributed by atoms with Crippen molar-refractivity contribution >= 4 is 5.96 Å². The summed E-state index contributed by atoms with van der Waals surface area (Å²) in [5.41, 5.74) is 2.23. The van der Waals surface area contributed by atoms with Crippen LogP contribution in [-0.4, -0.2) is 74.4 Å². The third-order valence-corrected chi connectivity index (χ3v) is 5.46. The molecule has 0 spiro atoms. The SMILES string of the molecule is CCNC(=NCCc1cccc(O)c1)N1CCN(Cc2cc(OC)ccc2OC)CC1. The van der Waals surface area contributed by atoms with E-state index in [2.05, 4.69) is 28.1 Å². The van der Waals surface area contributed by atoms with Crippen molar-refractivity contribution in [3.8, 4) is 17.2 Å². The Labute approximate surface area is 185 Å².